The van der Waals surface area contributed by atoms with Crippen molar-refractivity contribution in [3.63, 3.8) is 0 Å². The zero-order valence-corrected chi connectivity index (χ0v) is 10.2. The van der Waals surface area contributed by atoms with Gasteiger partial charge in [-0.25, -0.2) is 13.5 Å². The third kappa shape index (κ3) is 2.37. The van der Waals surface area contributed by atoms with E-state index in [0.717, 1.165) is 5.41 Å². The molecule has 7 heteroatoms. The van der Waals surface area contributed by atoms with Crippen molar-refractivity contribution in [3.05, 3.63) is 41.3 Å². The number of halogens is 1. The van der Waals surface area contributed by atoms with E-state index < -0.39 is 9.84 Å². The number of aromatic nitrogens is 3. The highest BCUT2D eigenvalue weighted by molar-refractivity contribution is 7.94. The van der Waals surface area contributed by atoms with Gasteiger partial charge in [-0.1, -0.05) is 18.2 Å². The van der Waals surface area contributed by atoms with Gasteiger partial charge in [-0.05, 0) is 24.3 Å². The van der Waals surface area contributed by atoms with Crippen LogP contribution >= 0.6 is 11.6 Å². The normalized spacial score (nSPS) is 11.4. The molecule has 2 rings (SSSR count). The predicted octanol–water partition coefficient (Wildman–Crippen LogP) is 2.04. The van der Waals surface area contributed by atoms with E-state index in [0.29, 0.717) is 16.4 Å². The van der Waals surface area contributed by atoms with Crippen molar-refractivity contribution in [2.75, 3.05) is 0 Å². The summed E-state index contributed by atoms with van der Waals surface area (Å²) in [4.78, 5) is 3.88. The zero-order chi connectivity index (χ0) is 12.5. The van der Waals surface area contributed by atoms with Gasteiger partial charge in [-0.3, -0.25) is 0 Å². The topological polar surface area (TPSA) is 75.7 Å². The number of hydrogen-bond donors (Lipinski definition) is 1. The van der Waals surface area contributed by atoms with Gasteiger partial charge in [0, 0.05) is 16.0 Å². The molecule has 17 heavy (non-hydrogen) atoms. The Morgan fingerprint density at radius 3 is 2.53 bits per heavy atom. The lowest BCUT2D eigenvalue weighted by atomic mass is 10.2. The summed E-state index contributed by atoms with van der Waals surface area (Å²) in [7, 11) is -3.58. The summed E-state index contributed by atoms with van der Waals surface area (Å²) in [6.07, 6.45) is 0. The Bertz CT molecular complexity index is 646. The number of aromatic amines is 1. The maximum atomic E-state index is 11.4. The molecule has 1 aromatic heterocycles. The molecule has 0 bridgehead atoms. The van der Waals surface area contributed by atoms with Crippen molar-refractivity contribution in [1.82, 2.24) is 15.2 Å². The smallest absolute Gasteiger partial charge is 0.247 e. The van der Waals surface area contributed by atoms with Crippen molar-refractivity contribution in [1.29, 1.82) is 0 Å². The highest BCUT2D eigenvalue weighted by atomic mass is 35.5. The maximum absolute atomic E-state index is 11.4. The number of nitrogens with zero attached hydrogens (tertiary/aromatic N) is 2. The van der Waals surface area contributed by atoms with Gasteiger partial charge in [0.1, 0.15) is 0 Å². The van der Waals surface area contributed by atoms with Gasteiger partial charge in [0.05, 0.1) is 0 Å². The van der Waals surface area contributed by atoms with Crippen LogP contribution in [-0.4, -0.2) is 23.6 Å². The Morgan fingerprint density at radius 1 is 1.29 bits per heavy atom. The van der Waals surface area contributed by atoms with E-state index in [-0.39, 0.29) is 5.16 Å². The van der Waals surface area contributed by atoms with Crippen LogP contribution in [0.4, 0.5) is 0 Å². The minimum absolute atomic E-state index is 0.225. The Kier molecular flexibility index (Phi) is 2.99. The fourth-order valence-electron chi connectivity index (χ4n) is 1.18. The molecule has 0 radical (unpaired) electrons. The summed E-state index contributed by atoms with van der Waals surface area (Å²) in [5.41, 5.74) is 0.677. The van der Waals surface area contributed by atoms with E-state index >= 15 is 0 Å². The number of hydrogen-bond acceptors (Lipinski definition) is 4. The Balaban J connectivity index is 2.43. The lowest BCUT2D eigenvalue weighted by Crippen LogP contribution is -1.97. The first-order valence-electron chi connectivity index (χ1n) is 4.59. The Hall–Kier alpha value is -1.66. The van der Waals surface area contributed by atoms with Gasteiger partial charge < -0.3 is 0 Å². The maximum Gasteiger partial charge on any atom is 0.247 e. The van der Waals surface area contributed by atoms with Crippen LogP contribution in [0.3, 0.4) is 0 Å². The molecule has 1 heterocycles. The fourth-order valence-corrected chi connectivity index (χ4v) is 1.85. The molecule has 1 N–H and O–H groups in total. The van der Waals surface area contributed by atoms with Gasteiger partial charge in [0.25, 0.3) is 0 Å². The van der Waals surface area contributed by atoms with E-state index in [1.165, 1.54) is 0 Å². The number of benzene rings is 1. The van der Waals surface area contributed by atoms with Crippen LogP contribution in [0.5, 0.6) is 0 Å². The second-order valence-electron chi connectivity index (χ2n) is 3.18. The lowest BCUT2D eigenvalue weighted by Gasteiger charge is -1.94. The second-order valence-corrected chi connectivity index (χ2v) is 5.43. The summed E-state index contributed by atoms with van der Waals surface area (Å²) in [5, 5.41) is 7.36. The quantitative estimate of drug-likeness (QED) is 0.925. The molecule has 0 atom stereocenters. The average Bonchev–Trinajstić information content (AvgIpc) is 2.80. The molecule has 88 valence electrons. The second kappa shape index (κ2) is 4.31. The van der Waals surface area contributed by atoms with Gasteiger partial charge in [-0.15, -0.1) is 0 Å². The predicted molar refractivity (Wildman–Crippen MR) is 64.2 cm³/mol. The lowest BCUT2D eigenvalue weighted by molar-refractivity contribution is 0.597. The largest absolute Gasteiger partial charge is 0.249 e. The Labute approximate surface area is 103 Å². The van der Waals surface area contributed by atoms with Crippen LogP contribution in [-0.2, 0) is 9.84 Å². The molecular weight excluding hydrogens is 262 g/mol. The molecular formula is C10H8ClN3O2S. The van der Waals surface area contributed by atoms with Gasteiger partial charge >= 0.3 is 0 Å². The van der Waals surface area contributed by atoms with Crippen molar-refractivity contribution in [2.24, 2.45) is 0 Å². The molecule has 0 aliphatic rings. The number of nitrogens with one attached hydrogen (secondary N) is 1. The highest BCUT2D eigenvalue weighted by Gasteiger charge is 2.16. The summed E-state index contributed by atoms with van der Waals surface area (Å²) in [6, 6.07) is 6.76. The molecule has 0 saturated heterocycles. The first-order valence-corrected chi connectivity index (χ1v) is 6.51. The molecule has 0 aliphatic carbocycles. The minimum Gasteiger partial charge on any atom is -0.249 e. The van der Waals surface area contributed by atoms with Crippen molar-refractivity contribution < 1.29 is 8.42 Å². The van der Waals surface area contributed by atoms with Gasteiger partial charge in [0.2, 0.25) is 15.0 Å². The van der Waals surface area contributed by atoms with E-state index in [9.17, 15) is 8.42 Å². The van der Waals surface area contributed by atoms with E-state index in [2.05, 4.69) is 21.8 Å². The summed E-state index contributed by atoms with van der Waals surface area (Å²) in [5.74, 6) is 0.294. The van der Waals surface area contributed by atoms with Crippen LogP contribution in [0.1, 0.15) is 0 Å². The van der Waals surface area contributed by atoms with E-state index in [4.69, 9.17) is 11.6 Å². The molecule has 2 aromatic rings. The van der Waals surface area contributed by atoms with Crippen molar-refractivity contribution in [3.8, 4) is 11.4 Å². The summed E-state index contributed by atoms with van der Waals surface area (Å²) >= 11 is 5.74. The van der Waals surface area contributed by atoms with Crippen molar-refractivity contribution >= 4 is 21.4 Å². The third-order valence-corrected chi connectivity index (χ3v) is 3.47. The zero-order valence-electron chi connectivity index (χ0n) is 8.59. The highest BCUT2D eigenvalue weighted by Crippen LogP contribution is 2.19. The minimum atomic E-state index is -3.58. The van der Waals surface area contributed by atoms with Crippen LogP contribution in [0.2, 0.25) is 5.02 Å². The fraction of sp³-hybridized carbons (Fsp3) is 0. The molecule has 0 aliphatic heterocycles. The van der Waals surface area contributed by atoms with Gasteiger partial charge in [-0.2, -0.15) is 10.1 Å². The molecule has 5 nitrogen and oxygen atoms in total. The number of H-pyrrole nitrogens is 1. The average molecular weight is 270 g/mol. The number of sulfone groups is 1. The first-order chi connectivity index (χ1) is 8.03. The van der Waals surface area contributed by atoms with E-state index in [1.807, 2.05) is 0 Å². The third-order valence-electron chi connectivity index (χ3n) is 2.06. The standard InChI is InChI=1S/C10H8ClN3O2S/c1-2-17(15,16)10-12-9(13-14-10)7-3-5-8(11)6-4-7/h2-6H,1H2,(H,12,13,14). The monoisotopic (exact) mass is 269 g/mol. The summed E-state index contributed by atoms with van der Waals surface area (Å²) < 4.78 is 22.9. The molecule has 0 saturated carbocycles. The van der Waals surface area contributed by atoms with E-state index in [1.54, 1.807) is 24.3 Å². The van der Waals surface area contributed by atoms with Gasteiger partial charge in [0.15, 0.2) is 5.82 Å². The number of rotatable bonds is 3. The molecule has 0 fully saturated rings. The van der Waals surface area contributed by atoms with Crippen molar-refractivity contribution in [2.45, 2.75) is 5.16 Å². The first kappa shape index (κ1) is 11.8. The van der Waals surface area contributed by atoms with Crippen LogP contribution in [0.15, 0.2) is 41.4 Å². The van der Waals surface area contributed by atoms with Crippen LogP contribution in [0, 0.1) is 0 Å². The Morgan fingerprint density at radius 2 is 1.94 bits per heavy atom. The molecule has 0 spiro atoms. The summed E-state index contributed by atoms with van der Waals surface area (Å²) in [6.45, 7) is 3.21. The molecule has 1 aromatic carbocycles. The van der Waals surface area contributed by atoms with Crippen LogP contribution in [0.25, 0.3) is 11.4 Å². The molecule has 0 unspecified atom stereocenters. The van der Waals surface area contributed by atoms with Crippen LogP contribution < -0.4 is 0 Å². The molecule has 0 amide bonds. The SMILES string of the molecule is C=CS(=O)(=O)c1nc(-c2ccc(Cl)cc2)n[nH]1.